The summed E-state index contributed by atoms with van der Waals surface area (Å²) in [6, 6.07) is 4.52. The summed E-state index contributed by atoms with van der Waals surface area (Å²) < 4.78 is 37.1. The van der Waals surface area contributed by atoms with Gasteiger partial charge in [0.25, 0.3) is 0 Å². The molecule has 0 radical (unpaired) electrons. The maximum Gasteiger partial charge on any atom is 0.416 e. The number of alkyl halides is 3. The molecular weight excluding hydrogens is 231 g/mol. The smallest absolute Gasteiger partial charge is 0.396 e. The minimum absolute atomic E-state index is 0.166. The van der Waals surface area contributed by atoms with Crippen LogP contribution in [0.4, 0.5) is 13.2 Å². The number of rotatable bonds is 4. The van der Waals surface area contributed by atoms with Gasteiger partial charge in [-0.05, 0) is 24.1 Å². The molecule has 0 aliphatic rings. The molecule has 2 unspecified atom stereocenters. The number of hydrogen-bond donors (Lipinski definition) is 2. The van der Waals surface area contributed by atoms with Crippen molar-refractivity contribution in [1.82, 2.24) is 0 Å². The van der Waals surface area contributed by atoms with E-state index in [1.807, 2.05) is 6.92 Å². The zero-order valence-corrected chi connectivity index (χ0v) is 9.54. The highest BCUT2D eigenvalue weighted by Crippen LogP contribution is 2.30. The predicted molar refractivity (Wildman–Crippen MR) is 59.5 cm³/mol. The Kier molecular flexibility index (Phi) is 4.54. The largest absolute Gasteiger partial charge is 0.416 e. The van der Waals surface area contributed by atoms with Gasteiger partial charge in [-0.15, -0.1) is 0 Å². The molecule has 3 N–H and O–H groups in total. The summed E-state index contributed by atoms with van der Waals surface area (Å²) in [6.45, 7) is 1.71. The van der Waals surface area contributed by atoms with Crippen LogP contribution in [-0.2, 0) is 6.18 Å². The molecule has 96 valence electrons. The summed E-state index contributed by atoms with van der Waals surface area (Å²) in [5.41, 5.74) is 5.74. The van der Waals surface area contributed by atoms with Crippen LogP contribution in [0.3, 0.4) is 0 Å². The summed E-state index contributed by atoms with van der Waals surface area (Å²) in [4.78, 5) is 0. The van der Waals surface area contributed by atoms with Gasteiger partial charge < -0.3 is 10.8 Å². The highest BCUT2D eigenvalue weighted by atomic mass is 19.4. The van der Waals surface area contributed by atoms with Gasteiger partial charge in [-0.2, -0.15) is 13.2 Å². The van der Waals surface area contributed by atoms with Crippen LogP contribution >= 0.6 is 0 Å². The van der Waals surface area contributed by atoms with Gasteiger partial charge in [-0.25, -0.2) is 0 Å². The lowest BCUT2D eigenvalue weighted by Crippen LogP contribution is -2.30. The van der Waals surface area contributed by atoms with Crippen molar-refractivity contribution in [2.24, 2.45) is 5.73 Å². The van der Waals surface area contributed by atoms with Gasteiger partial charge in [0.1, 0.15) is 0 Å². The molecule has 1 aromatic rings. The molecule has 5 heteroatoms. The molecule has 2 nitrogen and oxygen atoms in total. The number of benzene rings is 1. The number of halogens is 3. The van der Waals surface area contributed by atoms with E-state index in [1.54, 1.807) is 0 Å². The van der Waals surface area contributed by atoms with Crippen molar-refractivity contribution in [2.75, 3.05) is 6.61 Å². The van der Waals surface area contributed by atoms with Crippen molar-refractivity contribution in [3.63, 3.8) is 0 Å². The normalized spacial score (nSPS) is 15.6. The van der Waals surface area contributed by atoms with Crippen LogP contribution < -0.4 is 5.73 Å². The number of nitrogens with two attached hydrogens (primary N) is 1. The van der Waals surface area contributed by atoms with E-state index in [-0.39, 0.29) is 18.6 Å². The van der Waals surface area contributed by atoms with Crippen molar-refractivity contribution in [1.29, 1.82) is 0 Å². The fourth-order valence-corrected chi connectivity index (χ4v) is 1.69. The molecule has 2 atom stereocenters. The standard InChI is InChI=1S/C12H16F3NO/c1-2-11(16)10(7-17)8-3-5-9(6-4-8)12(13,14)15/h3-6,10-11,17H,2,7,16H2,1H3. The molecule has 0 aliphatic heterocycles. The fraction of sp³-hybridized carbons (Fsp3) is 0.500. The lowest BCUT2D eigenvalue weighted by Gasteiger charge is -2.21. The molecule has 17 heavy (non-hydrogen) atoms. The molecule has 0 aromatic heterocycles. The first-order valence-corrected chi connectivity index (χ1v) is 5.43. The maximum absolute atomic E-state index is 12.4. The van der Waals surface area contributed by atoms with Crippen LogP contribution in [0.5, 0.6) is 0 Å². The van der Waals surface area contributed by atoms with E-state index < -0.39 is 11.7 Å². The van der Waals surface area contributed by atoms with Gasteiger partial charge in [0, 0.05) is 12.0 Å². The Balaban J connectivity index is 2.93. The van der Waals surface area contributed by atoms with Gasteiger partial charge in [-0.1, -0.05) is 19.1 Å². The summed E-state index contributed by atoms with van der Waals surface area (Å²) in [5, 5.41) is 9.21. The molecule has 0 saturated heterocycles. The summed E-state index contributed by atoms with van der Waals surface area (Å²) >= 11 is 0. The lowest BCUT2D eigenvalue weighted by molar-refractivity contribution is -0.137. The van der Waals surface area contributed by atoms with Crippen LogP contribution in [0.15, 0.2) is 24.3 Å². The predicted octanol–water partition coefficient (Wildman–Crippen LogP) is 2.52. The highest BCUT2D eigenvalue weighted by Gasteiger charge is 2.30. The summed E-state index contributed by atoms with van der Waals surface area (Å²) in [6.07, 6.45) is -3.67. The SMILES string of the molecule is CCC(N)C(CO)c1ccc(C(F)(F)F)cc1. The first-order chi connectivity index (χ1) is 7.90. The van der Waals surface area contributed by atoms with Crippen molar-refractivity contribution in [3.05, 3.63) is 35.4 Å². The molecule has 0 spiro atoms. The second kappa shape index (κ2) is 5.51. The Labute approximate surface area is 98.3 Å². The number of hydrogen-bond acceptors (Lipinski definition) is 2. The van der Waals surface area contributed by atoms with Gasteiger partial charge >= 0.3 is 6.18 Å². The monoisotopic (exact) mass is 247 g/mol. The Bertz CT molecular complexity index is 348. The van der Waals surface area contributed by atoms with Crippen molar-refractivity contribution >= 4 is 0 Å². The fourth-order valence-electron chi connectivity index (χ4n) is 1.69. The van der Waals surface area contributed by atoms with Crippen molar-refractivity contribution < 1.29 is 18.3 Å². The quantitative estimate of drug-likeness (QED) is 0.858. The van der Waals surface area contributed by atoms with E-state index in [0.717, 1.165) is 12.1 Å². The Morgan fingerprint density at radius 2 is 1.76 bits per heavy atom. The maximum atomic E-state index is 12.4. The molecule has 0 amide bonds. The van der Waals surface area contributed by atoms with Crippen LogP contribution in [0.2, 0.25) is 0 Å². The second-order valence-corrected chi connectivity index (χ2v) is 3.98. The van der Waals surface area contributed by atoms with Gasteiger partial charge in [0.2, 0.25) is 0 Å². The van der Waals surface area contributed by atoms with Crippen LogP contribution in [0.25, 0.3) is 0 Å². The molecule has 0 bridgehead atoms. The number of aliphatic hydroxyl groups is 1. The topological polar surface area (TPSA) is 46.2 Å². The summed E-state index contributed by atoms with van der Waals surface area (Å²) in [5.74, 6) is -0.317. The third kappa shape index (κ3) is 3.44. The zero-order chi connectivity index (χ0) is 13.1. The molecular formula is C12H16F3NO. The zero-order valence-electron chi connectivity index (χ0n) is 9.54. The van der Waals surface area contributed by atoms with Crippen LogP contribution in [0.1, 0.15) is 30.4 Å². The van der Waals surface area contributed by atoms with Gasteiger partial charge in [0.05, 0.1) is 12.2 Å². The average molecular weight is 247 g/mol. The van der Waals surface area contributed by atoms with Crippen LogP contribution in [-0.4, -0.2) is 17.8 Å². The molecule has 1 rings (SSSR count). The summed E-state index contributed by atoms with van der Waals surface area (Å²) in [7, 11) is 0. The van der Waals surface area contributed by atoms with E-state index in [4.69, 9.17) is 5.73 Å². The van der Waals surface area contributed by atoms with E-state index in [1.165, 1.54) is 12.1 Å². The molecule has 1 aromatic carbocycles. The second-order valence-electron chi connectivity index (χ2n) is 3.98. The van der Waals surface area contributed by atoms with E-state index in [0.29, 0.717) is 12.0 Å². The molecule has 0 fully saturated rings. The van der Waals surface area contributed by atoms with E-state index in [9.17, 15) is 18.3 Å². The Hall–Kier alpha value is -1.07. The number of aliphatic hydroxyl groups excluding tert-OH is 1. The molecule has 0 heterocycles. The lowest BCUT2D eigenvalue weighted by atomic mass is 9.90. The highest BCUT2D eigenvalue weighted by molar-refractivity contribution is 5.28. The molecule has 0 saturated carbocycles. The van der Waals surface area contributed by atoms with E-state index >= 15 is 0 Å². The average Bonchev–Trinajstić information content (AvgIpc) is 2.29. The van der Waals surface area contributed by atoms with Crippen LogP contribution in [0, 0.1) is 0 Å². The van der Waals surface area contributed by atoms with Gasteiger partial charge in [0.15, 0.2) is 0 Å². The third-order valence-electron chi connectivity index (χ3n) is 2.85. The third-order valence-corrected chi connectivity index (χ3v) is 2.85. The first kappa shape index (κ1) is 14.0. The van der Waals surface area contributed by atoms with Crippen molar-refractivity contribution in [2.45, 2.75) is 31.5 Å². The minimum Gasteiger partial charge on any atom is -0.396 e. The van der Waals surface area contributed by atoms with Crippen molar-refractivity contribution in [3.8, 4) is 0 Å². The molecule has 0 aliphatic carbocycles. The van der Waals surface area contributed by atoms with E-state index in [2.05, 4.69) is 0 Å². The first-order valence-electron chi connectivity index (χ1n) is 5.43. The Morgan fingerprint density at radius 3 is 2.12 bits per heavy atom. The minimum atomic E-state index is -4.33. The van der Waals surface area contributed by atoms with Gasteiger partial charge in [-0.3, -0.25) is 0 Å². The Morgan fingerprint density at radius 1 is 1.24 bits per heavy atom.